The van der Waals surface area contributed by atoms with Gasteiger partial charge in [-0.05, 0) is 33.1 Å². The predicted octanol–water partition coefficient (Wildman–Crippen LogP) is 1.96. The lowest BCUT2D eigenvalue weighted by atomic mass is 9.79. The fourth-order valence-electron chi connectivity index (χ4n) is 3.82. The van der Waals surface area contributed by atoms with Gasteiger partial charge in [0, 0.05) is 17.3 Å². The Balaban J connectivity index is 1.92. The number of carbonyl (C=O) groups excluding carboxylic acids is 1. The highest BCUT2D eigenvalue weighted by molar-refractivity contribution is 5.94. The fraction of sp³-hybridized carbons (Fsp3) is 0.526. The molecule has 150 valence electrons. The first kappa shape index (κ1) is 19.8. The minimum atomic E-state index is -0.943. The summed E-state index contributed by atoms with van der Waals surface area (Å²) < 4.78 is 1.37. The van der Waals surface area contributed by atoms with Crippen molar-refractivity contribution >= 4 is 17.7 Å². The molecular weight excluding hydrogens is 362 g/mol. The third-order valence-corrected chi connectivity index (χ3v) is 5.27. The molecule has 0 spiro atoms. The van der Waals surface area contributed by atoms with E-state index in [1.165, 1.54) is 4.68 Å². The minimum absolute atomic E-state index is 0.210. The number of aryl methyl sites for hydroxylation is 2. The summed E-state index contributed by atoms with van der Waals surface area (Å²) in [6, 6.07) is 1.67. The first-order valence-corrected chi connectivity index (χ1v) is 9.52. The Morgan fingerprint density at radius 3 is 2.57 bits per heavy atom. The fourth-order valence-corrected chi connectivity index (χ4v) is 3.82. The molecular formula is C19H25N5O4. The van der Waals surface area contributed by atoms with Crippen molar-refractivity contribution in [3.8, 4) is 5.95 Å². The molecule has 0 aromatic carbocycles. The third kappa shape index (κ3) is 3.83. The molecule has 1 aliphatic rings. The molecule has 28 heavy (non-hydrogen) atoms. The summed E-state index contributed by atoms with van der Waals surface area (Å²) in [7, 11) is 0. The van der Waals surface area contributed by atoms with Gasteiger partial charge in [-0.1, -0.05) is 19.8 Å². The van der Waals surface area contributed by atoms with Crippen molar-refractivity contribution < 1.29 is 14.7 Å². The quantitative estimate of drug-likeness (QED) is 0.719. The Morgan fingerprint density at radius 1 is 1.29 bits per heavy atom. The van der Waals surface area contributed by atoms with E-state index in [4.69, 9.17) is 0 Å². The van der Waals surface area contributed by atoms with Crippen molar-refractivity contribution in [2.45, 2.75) is 52.9 Å². The third-order valence-electron chi connectivity index (χ3n) is 5.27. The molecule has 2 atom stereocenters. The van der Waals surface area contributed by atoms with E-state index in [2.05, 4.69) is 20.4 Å². The van der Waals surface area contributed by atoms with Crippen molar-refractivity contribution in [2.24, 2.45) is 11.8 Å². The van der Waals surface area contributed by atoms with Crippen LogP contribution in [0.15, 0.2) is 10.9 Å². The van der Waals surface area contributed by atoms with Crippen molar-refractivity contribution in [1.29, 1.82) is 0 Å². The standard InChI is InChI=1S/C19H25N5O4/c1-4-12-11(3)20-19(22-16(12)25)24-15(9-10(2)23-24)21-17(26)13-7-5-6-8-14(13)18(27)28/h9,13-14H,4-8H2,1-3H3,(H,21,26)(H,27,28)(H,20,22,25)/t13-,14-/m1/s1. The molecule has 2 aromatic rings. The van der Waals surface area contributed by atoms with Gasteiger partial charge in [0.2, 0.25) is 11.9 Å². The number of carbonyl (C=O) groups is 2. The maximum Gasteiger partial charge on any atom is 0.307 e. The Bertz CT molecular complexity index is 962. The number of hydrogen-bond donors (Lipinski definition) is 3. The zero-order valence-electron chi connectivity index (χ0n) is 16.3. The highest BCUT2D eigenvalue weighted by Gasteiger charge is 2.36. The molecule has 3 rings (SSSR count). The van der Waals surface area contributed by atoms with Gasteiger partial charge in [-0.25, -0.2) is 4.98 Å². The number of nitrogens with one attached hydrogen (secondary N) is 2. The van der Waals surface area contributed by atoms with Crippen LogP contribution < -0.4 is 10.9 Å². The van der Waals surface area contributed by atoms with Crippen LogP contribution in [-0.4, -0.2) is 36.7 Å². The molecule has 1 saturated carbocycles. The summed E-state index contributed by atoms with van der Waals surface area (Å²) in [4.78, 5) is 43.7. The van der Waals surface area contributed by atoms with E-state index in [1.807, 2.05) is 6.92 Å². The minimum Gasteiger partial charge on any atom is -0.481 e. The Labute approximate surface area is 162 Å². The van der Waals surface area contributed by atoms with Crippen LogP contribution in [0.25, 0.3) is 5.95 Å². The van der Waals surface area contributed by atoms with E-state index < -0.39 is 17.8 Å². The smallest absolute Gasteiger partial charge is 0.307 e. The molecule has 0 radical (unpaired) electrons. The number of aliphatic carboxylic acids is 1. The molecule has 0 bridgehead atoms. The van der Waals surface area contributed by atoms with Gasteiger partial charge in [0.05, 0.1) is 17.5 Å². The van der Waals surface area contributed by atoms with E-state index >= 15 is 0 Å². The summed E-state index contributed by atoms with van der Waals surface area (Å²) in [5.74, 6) is -2.01. The number of carboxylic acid groups (broad SMARTS) is 1. The van der Waals surface area contributed by atoms with Crippen LogP contribution in [0.4, 0.5) is 5.82 Å². The first-order valence-electron chi connectivity index (χ1n) is 9.52. The number of hydrogen-bond acceptors (Lipinski definition) is 5. The topological polar surface area (TPSA) is 130 Å². The number of amides is 1. The van der Waals surface area contributed by atoms with Crippen LogP contribution in [0.5, 0.6) is 0 Å². The highest BCUT2D eigenvalue weighted by atomic mass is 16.4. The second-order valence-corrected chi connectivity index (χ2v) is 7.21. The number of carboxylic acids is 1. The maximum atomic E-state index is 12.8. The molecule has 1 amide bonds. The van der Waals surface area contributed by atoms with Gasteiger partial charge >= 0.3 is 5.97 Å². The molecule has 9 heteroatoms. The highest BCUT2D eigenvalue weighted by Crippen LogP contribution is 2.31. The van der Waals surface area contributed by atoms with Gasteiger partial charge < -0.3 is 10.4 Å². The Morgan fingerprint density at radius 2 is 1.96 bits per heavy atom. The van der Waals surface area contributed by atoms with Gasteiger partial charge in [0.25, 0.3) is 5.56 Å². The van der Waals surface area contributed by atoms with Gasteiger partial charge in [0.15, 0.2) is 0 Å². The van der Waals surface area contributed by atoms with Gasteiger partial charge in [-0.15, -0.1) is 0 Å². The average molecular weight is 387 g/mol. The van der Waals surface area contributed by atoms with E-state index in [9.17, 15) is 19.5 Å². The van der Waals surface area contributed by atoms with Gasteiger partial charge in [0.1, 0.15) is 5.82 Å². The molecule has 1 aliphatic carbocycles. The predicted molar refractivity (Wildman–Crippen MR) is 103 cm³/mol. The summed E-state index contributed by atoms with van der Waals surface area (Å²) >= 11 is 0. The van der Waals surface area contributed by atoms with E-state index in [0.29, 0.717) is 42.0 Å². The van der Waals surface area contributed by atoms with E-state index in [0.717, 1.165) is 12.8 Å². The van der Waals surface area contributed by atoms with Crippen LogP contribution in [0.3, 0.4) is 0 Å². The van der Waals surface area contributed by atoms with Crippen molar-refractivity contribution in [3.63, 3.8) is 0 Å². The largest absolute Gasteiger partial charge is 0.481 e. The average Bonchev–Trinajstić information content (AvgIpc) is 3.01. The van der Waals surface area contributed by atoms with Crippen LogP contribution in [0, 0.1) is 25.7 Å². The second-order valence-electron chi connectivity index (χ2n) is 7.21. The van der Waals surface area contributed by atoms with Crippen molar-refractivity contribution in [3.05, 3.63) is 33.4 Å². The van der Waals surface area contributed by atoms with Crippen molar-refractivity contribution in [2.75, 3.05) is 5.32 Å². The van der Waals surface area contributed by atoms with Crippen LogP contribution in [0.2, 0.25) is 0 Å². The molecule has 3 N–H and O–H groups in total. The van der Waals surface area contributed by atoms with Crippen LogP contribution in [0.1, 0.15) is 49.6 Å². The summed E-state index contributed by atoms with van der Waals surface area (Å²) in [6.45, 7) is 5.40. The number of aromatic amines is 1. The molecule has 1 fully saturated rings. The number of anilines is 1. The summed E-state index contributed by atoms with van der Waals surface area (Å²) in [5, 5.41) is 16.5. The Kier molecular flexibility index (Phi) is 5.62. The van der Waals surface area contributed by atoms with E-state index in [1.54, 1.807) is 19.9 Å². The normalized spacial score (nSPS) is 19.4. The number of nitrogens with zero attached hydrogens (tertiary/aromatic N) is 3. The lowest BCUT2D eigenvalue weighted by Crippen LogP contribution is -2.36. The molecule has 0 saturated heterocycles. The number of aromatic nitrogens is 4. The van der Waals surface area contributed by atoms with Crippen molar-refractivity contribution in [1.82, 2.24) is 19.7 Å². The molecule has 0 unspecified atom stereocenters. The van der Waals surface area contributed by atoms with Crippen LogP contribution in [-0.2, 0) is 16.0 Å². The molecule has 9 nitrogen and oxygen atoms in total. The molecule has 2 aromatic heterocycles. The lowest BCUT2D eigenvalue weighted by Gasteiger charge is -2.27. The van der Waals surface area contributed by atoms with Gasteiger partial charge in [-0.2, -0.15) is 9.78 Å². The Hall–Kier alpha value is -2.97. The number of H-pyrrole nitrogens is 1. The summed E-state index contributed by atoms with van der Waals surface area (Å²) in [5.41, 5.74) is 1.59. The van der Waals surface area contributed by atoms with Gasteiger partial charge in [-0.3, -0.25) is 19.4 Å². The number of rotatable bonds is 5. The molecule has 0 aliphatic heterocycles. The molecule has 2 heterocycles. The zero-order chi connectivity index (χ0) is 20.4. The van der Waals surface area contributed by atoms with E-state index in [-0.39, 0.29) is 17.4 Å². The SMILES string of the molecule is CCc1c(C)nc(-n2nc(C)cc2NC(=O)[C@@H]2CCCC[C@H]2C(=O)O)[nH]c1=O. The van der Waals surface area contributed by atoms with Crippen LogP contribution >= 0.6 is 0 Å². The first-order chi connectivity index (χ1) is 13.3. The lowest BCUT2D eigenvalue weighted by molar-refractivity contribution is -0.147. The second kappa shape index (κ2) is 7.95. The maximum absolute atomic E-state index is 12.8. The zero-order valence-corrected chi connectivity index (χ0v) is 16.3. The monoisotopic (exact) mass is 387 g/mol. The summed E-state index contributed by atoms with van der Waals surface area (Å²) in [6.07, 6.45) is 3.24.